The van der Waals surface area contributed by atoms with Crippen molar-refractivity contribution in [3.05, 3.63) is 23.8 Å². The standard InChI is InChI=1S/C13H12BNO2/c14-8-1-2-10-11(7-8)15-12(17)13(10)5-3-9(16)4-6-13/h1-2,7H,3-6H2,(H,15,17). The van der Waals surface area contributed by atoms with Gasteiger partial charge in [0.25, 0.3) is 0 Å². The monoisotopic (exact) mass is 225 g/mol. The molecule has 0 saturated heterocycles. The van der Waals surface area contributed by atoms with Crippen molar-refractivity contribution >= 4 is 30.7 Å². The molecule has 1 amide bonds. The Hall–Kier alpha value is -1.58. The molecule has 1 saturated carbocycles. The van der Waals surface area contributed by atoms with Gasteiger partial charge in [0.2, 0.25) is 5.91 Å². The zero-order valence-corrected chi connectivity index (χ0v) is 9.45. The molecule has 1 aromatic rings. The number of fused-ring (bicyclic) bond motifs is 2. The highest BCUT2D eigenvalue weighted by Crippen LogP contribution is 2.46. The molecule has 1 aliphatic heterocycles. The fourth-order valence-electron chi connectivity index (χ4n) is 2.90. The van der Waals surface area contributed by atoms with E-state index in [-0.39, 0.29) is 11.7 Å². The smallest absolute Gasteiger partial charge is 0.235 e. The molecule has 84 valence electrons. The van der Waals surface area contributed by atoms with Crippen LogP contribution in [0.25, 0.3) is 0 Å². The summed E-state index contributed by atoms with van der Waals surface area (Å²) in [6.07, 6.45) is 2.23. The number of anilines is 1. The molecule has 0 aromatic heterocycles. The van der Waals surface area contributed by atoms with Gasteiger partial charge in [-0.05, 0) is 24.5 Å². The van der Waals surface area contributed by atoms with Gasteiger partial charge in [-0.15, -0.1) is 0 Å². The van der Waals surface area contributed by atoms with E-state index in [2.05, 4.69) is 5.32 Å². The Kier molecular flexibility index (Phi) is 2.15. The van der Waals surface area contributed by atoms with Gasteiger partial charge in [-0.3, -0.25) is 9.59 Å². The second-order valence-electron chi connectivity index (χ2n) is 4.88. The van der Waals surface area contributed by atoms with E-state index in [4.69, 9.17) is 7.85 Å². The summed E-state index contributed by atoms with van der Waals surface area (Å²) in [6, 6.07) is 5.52. The van der Waals surface area contributed by atoms with Crippen molar-refractivity contribution in [2.75, 3.05) is 5.32 Å². The van der Waals surface area contributed by atoms with E-state index in [9.17, 15) is 9.59 Å². The van der Waals surface area contributed by atoms with Crippen LogP contribution in [-0.2, 0) is 15.0 Å². The topological polar surface area (TPSA) is 46.2 Å². The lowest BCUT2D eigenvalue weighted by Crippen LogP contribution is -2.38. The maximum atomic E-state index is 12.2. The first-order valence-corrected chi connectivity index (χ1v) is 5.85. The molecule has 17 heavy (non-hydrogen) atoms. The van der Waals surface area contributed by atoms with Gasteiger partial charge < -0.3 is 5.32 Å². The van der Waals surface area contributed by atoms with Crippen LogP contribution in [0.5, 0.6) is 0 Å². The molecule has 2 radical (unpaired) electrons. The number of hydrogen-bond acceptors (Lipinski definition) is 2. The van der Waals surface area contributed by atoms with Crippen molar-refractivity contribution in [3.63, 3.8) is 0 Å². The van der Waals surface area contributed by atoms with E-state index in [1.165, 1.54) is 0 Å². The minimum atomic E-state index is -0.489. The van der Waals surface area contributed by atoms with Crippen LogP contribution >= 0.6 is 0 Å². The van der Waals surface area contributed by atoms with E-state index in [1.807, 2.05) is 12.1 Å². The third kappa shape index (κ3) is 1.43. The highest BCUT2D eigenvalue weighted by molar-refractivity contribution is 6.33. The quantitative estimate of drug-likeness (QED) is 0.664. The van der Waals surface area contributed by atoms with Crippen LogP contribution in [0.2, 0.25) is 0 Å². The first-order chi connectivity index (χ1) is 8.12. The largest absolute Gasteiger partial charge is 0.325 e. The second kappa shape index (κ2) is 3.46. The number of ketones is 1. The van der Waals surface area contributed by atoms with Crippen LogP contribution in [0.1, 0.15) is 31.2 Å². The lowest BCUT2D eigenvalue weighted by Gasteiger charge is -2.30. The third-order valence-corrected chi connectivity index (χ3v) is 3.90. The molecule has 1 spiro atoms. The molecule has 0 atom stereocenters. The molecule has 3 rings (SSSR count). The van der Waals surface area contributed by atoms with Gasteiger partial charge in [0.15, 0.2) is 0 Å². The Morgan fingerprint density at radius 2 is 1.88 bits per heavy atom. The summed E-state index contributed by atoms with van der Waals surface area (Å²) in [5, 5.41) is 2.88. The summed E-state index contributed by atoms with van der Waals surface area (Å²) in [5.74, 6) is 0.276. The molecule has 1 aliphatic carbocycles. The van der Waals surface area contributed by atoms with Crippen LogP contribution < -0.4 is 10.8 Å². The molecular formula is C13H12BNO2. The van der Waals surface area contributed by atoms with Crippen molar-refractivity contribution < 1.29 is 9.59 Å². The van der Waals surface area contributed by atoms with Gasteiger partial charge >= 0.3 is 0 Å². The van der Waals surface area contributed by atoms with Gasteiger partial charge in [-0.25, -0.2) is 0 Å². The summed E-state index contributed by atoms with van der Waals surface area (Å²) in [4.78, 5) is 23.5. The van der Waals surface area contributed by atoms with Gasteiger partial charge in [-0.2, -0.15) is 0 Å². The van der Waals surface area contributed by atoms with E-state index < -0.39 is 5.41 Å². The number of Topliss-reactive ketones (excluding diaryl/α,β-unsaturated/α-hetero) is 1. The highest BCUT2D eigenvalue weighted by atomic mass is 16.2. The third-order valence-electron chi connectivity index (χ3n) is 3.90. The molecule has 3 nitrogen and oxygen atoms in total. The second-order valence-corrected chi connectivity index (χ2v) is 4.88. The Morgan fingerprint density at radius 1 is 1.18 bits per heavy atom. The van der Waals surface area contributed by atoms with Crippen molar-refractivity contribution in [3.8, 4) is 0 Å². The van der Waals surface area contributed by atoms with Crippen LogP contribution in [-0.4, -0.2) is 19.5 Å². The average molecular weight is 225 g/mol. The highest BCUT2D eigenvalue weighted by Gasteiger charge is 2.48. The lowest BCUT2D eigenvalue weighted by molar-refractivity contribution is -0.126. The predicted molar refractivity (Wildman–Crippen MR) is 65.6 cm³/mol. The molecule has 1 aromatic carbocycles. The normalized spacial score (nSPS) is 21.4. The number of carbonyl (C=O) groups excluding carboxylic acids is 2. The van der Waals surface area contributed by atoms with Crippen molar-refractivity contribution in [1.82, 2.24) is 0 Å². The van der Waals surface area contributed by atoms with Crippen LogP contribution in [0.3, 0.4) is 0 Å². The number of benzene rings is 1. The van der Waals surface area contributed by atoms with E-state index in [1.54, 1.807) is 6.07 Å². The minimum Gasteiger partial charge on any atom is -0.325 e. The molecule has 2 aliphatic rings. The molecule has 0 bridgehead atoms. The number of rotatable bonds is 0. The maximum absolute atomic E-state index is 12.2. The van der Waals surface area contributed by atoms with Crippen molar-refractivity contribution in [2.24, 2.45) is 0 Å². The summed E-state index contributed by atoms with van der Waals surface area (Å²) in [6.45, 7) is 0. The van der Waals surface area contributed by atoms with Gasteiger partial charge in [0.05, 0.1) is 5.41 Å². The molecular weight excluding hydrogens is 213 g/mol. The zero-order chi connectivity index (χ0) is 12.0. The van der Waals surface area contributed by atoms with Gasteiger partial charge in [0.1, 0.15) is 13.6 Å². The average Bonchev–Trinajstić information content (AvgIpc) is 2.55. The number of nitrogens with one attached hydrogen (secondary N) is 1. The Morgan fingerprint density at radius 3 is 2.59 bits per heavy atom. The molecule has 1 heterocycles. The lowest BCUT2D eigenvalue weighted by atomic mass is 9.69. The maximum Gasteiger partial charge on any atom is 0.235 e. The zero-order valence-electron chi connectivity index (χ0n) is 9.45. The van der Waals surface area contributed by atoms with E-state index >= 15 is 0 Å². The summed E-state index contributed by atoms with van der Waals surface area (Å²) >= 11 is 0. The van der Waals surface area contributed by atoms with Crippen LogP contribution in [0, 0.1) is 0 Å². The van der Waals surface area contributed by atoms with Gasteiger partial charge in [0, 0.05) is 18.5 Å². The van der Waals surface area contributed by atoms with E-state index in [0.29, 0.717) is 31.1 Å². The summed E-state index contributed by atoms with van der Waals surface area (Å²) < 4.78 is 0. The van der Waals surface area contributed by atoms with Crippen molar-refractivity contribution in [1.29, 1.82) is 0 Å². The Labute approximate surface area is 101 Å². The number of amides is 1. The first-order valence-electron chi connectivity index (χ1n) is 5.85. The molecule has 4 heteroatoms. The predicted octanol–water partition coefficient (Wildman–Crippen LogP) is 0.813. The Bertz CT molecular complexity index is 514. The minimum absolute atomic E-state index is 0.0191. The van der Waals surface area contributed by atoms with Crippen LogP contribution in [0.15, 0.2) is 18.2 Å². The Balaban J connectivity index is 2.07. The molecule has 1 fully saturated rings. The number of hydrogen-bond donors (Lipinski definition) is 1. The summed E-state index contributed by atoms with van der Waals surface area (Å²) in [7, 11) is 5.71. The number of carbonyl (C=O) groups is 2. The fourth-order valence-corrected chi connectivity index (χ4v) is 2.90. The van der Waals surface area contributed by atoms with Crippen molar-refractivity contribution in [2.45, 2.75) is 31.1 Å². The summed E-state index contributed by atoms with van der Waals surface area (Å²) in [5.41, 5.74) is 1.97. The molecule has 0 unspecified atom stereocenters. The molecule has 1 N–H and O–H groups in total. The fraction of sp³-hybridized carbons (Fsp3) is 0.385. The van der Waals surface area contributed by atoms with Crippen LogP contribution in [0.4, 0.5) is 5.69 Å². The van der Waals surface area contributed by atoms with Gasteiger partial charge in [-0.1, -0.05) is 17.6 Å². The van der Waals surface area contributed by atoms with E-state index in [0.717, 1.165) is 11.3 Å². The first kappa shape index (κ1) is 10.6. The SMILES string of the molecule is [B]c1ccc2c(c1)NC(=O)C21CCC(=O)CC1.